The van der Waals surface area contributed by atoms with Crippen LogP contribution < -0.4 is 5.32 Å². The molecule has 0 aromatic heterocycles. The van der Waals surface area contributed by atoms with Crippen molar-refractivity contribution in [1.82, 2.24) is 5.32 Å². The van der Waals surface area contributed by atoms with Gasteiger partial charge in [0.25, 0.3) is 0 Å². The van der Waals surface area contributed by atoms with E-state index in [4.69, 9.17) is 9.84 Å². The van der Waals surface area contributed by atoms with Gasteiger partial charge in [-0.15, -0.1) is 11.8 Å². The Bertz CT molecular complexity index is 419. The molecule has 0 bridgehead atoms. The van der Waals surface area contributed by atoms with Gasteiger partial charge in [-0.3, -0.25) is 4.79 Å². The van der Waals surface area contributed by atoms with Crippen LogP contribution in [0.3, 0.4) is 0 Å². The predicted molar refractivity (Wildman–Crippen MR) is 75.1 cm³/mol. The molecule has 1 fully saturated rings. The van der Waals surface area contributed by atoms with Crippen LogP contribution in [0.1, 0.15) is 18.4 Å². The summed E-state index contributed by atoms with van der Waals surface area (Å²) in [5, 5.41) is 12.1. The molecule has 1 aromatic rings. The van der Waals surface area contributed by atoms with E-state index in [-0.39, 0.29) is 18.6 Å². The number of hydrogen-bond acceptors (Lipinski definition) is 4. The second-order valence-corrected chi connectivity index (χ2v) is 5.60. The van der Waals surface area contributed by atoms with Gasteiger partial charge in [-0.05, 0) is 30.5 Å². The summed E-state index contributed by atoms with van der Waals surface area (Å²) in [6, 6.07) is 7.87. The Morgan fingerprint density at radius 2 is 2.21 bits per heavy atom. The molecule has 5 heteroatoms. The Kier molecular flexibility index (Phi) is 5.69. The van der Waals surface area contributed by atoms with Crippen molar-refractivity contribution in [2.75, 3.05) is 19.0 Å². The number of aliphatic hydroxyl groups is 1. The molecular weight excluding hydrogens is 262 g/mol. The number of ether oxygens (including phenoxy) is 1. The molecule has 1 saturated heterocycles. The minimum atomic E-state index is 0.0304. The minimum Gasteiger partial charge on any atom is -0.392 e. The van der Waals surface area contributed by atoms with E-state index in [9.17, 15) is 4.79 Å². The summed E-state index contributed by atoms with van der Waals surface area (Å²) in [7, 11) is 0. The Labute approximate surface area is 117 Å². The molecule has 104 valence electrons. The summed E-state index contributed by atoms with van der Waals surface area (Å²) in [5.74, 6) is 0.470. The fraction of sp³-hybridized carbons (Fsp3) is 0.500. The summed E-state index contributed by atoms with van der Waals surface area (Å²) in [5.41, 5.74) is 0.870. The molecule has 2 N–H and O–H groups in total. The summed E-state index contributed by atoms with van der Waals surface area (Å²) >= 11 is 1.49. The maximum atomic E-state index is 11.8. The monoisotopic (exact) mass is 281 g/mol. The van der Waals surface area contributed by atoms with Crippen molar-refractivity contribution in [3.05, 3.63) is 29.8 Å². The molecule has 1 aliphatic rings. The minimum absolute atomic E-state index is 0.0304. The van der Waals surface area contributed by atoms with Crippen molar-refractivity contribution in [1.29, 1.82) is 0 Å². The third kappa shape index (κ3) is 4.86. The van der Waals surface area contributed by atoms with Gasteiger partial charge in [-0.2, -0.15) is 0 Å². The highest BCUT2D eigenvalue weighted by molar-refractivity contribution is 8.00. The third-order valence-corrected chi connectivity index (χ3v) is 4.03. The number of aliphatic hydroxyl groups excluding tert-OH is 1. The van der Waals surface area contributed by atoms with Crippen molar-refractivity contribution in [2.24, 2.45) is 0 Å². The topological polar surface area (TPSA) is 58.6 Å². The Hall–Kier alpha value is -1.04. The summed E-state index contributed by atoms with van der Waals surface area (Å²) in [6.45, 7) is 1.50. The predicted octanol–water partition coefficient (Wildman–Crippen LogP) is 1.57. The van der Waals surface area contributed by atoms with E-state index < -0.39 is 0 Å². The lowest BCUT2D eigenvalue weighted by Crippen LogP contribution is -2.39. The maximum absolute atomic E-state index is 11.8. The Balaban J connectivity index is 1.76. The highest BCUT2D eigenvalue weighted by Gasteiger charge is 2.15. The van der Waals surface area contributed by atoms with Crippen LogP contribution in [0.25, 0.3) is 0 Å². The first-order valence-electron chi connectivity index (χ1n) is 6.47. The number of benzene rings is 1. The highest BCUT2D eigenvalue weighted by Crippen LogP contribution is 2.19. The molecule has 4 nitrogen and oxygen atoms in total. The number of thioether (sulfide) groups is 1. The molecule has 0 saturated carbocycles. The average molecular weight is 281 g/mol. The quantitative estimate of drug-likeness (QED) is 0.804. The summed E-state index contributed by atoms with van der Waals surface area (Å²) in [6.07, 6.45) is 1.80. The van der Waals surface area contributed by atoms with E-state index in [1.807, 2.05) is 24.3 Å². The lowest BCUT2D eigenvalue weighted by atomic mass is 10.1. The van der Waals surface area contributed by atoms with Crippen LogP contribution >= 0.6 is 11.8 Å². The van der Waals surface area contributed by atoms with Crippen LogP contribution in [-0.2, 0) is 16.1 Å². The van der Waals surface area contributed by atoms with Gasteiger partial charge < -0.3 is 15.2 Å². The molecule has 0 radical (unpaired) electrons. The van der Waals surface area contributed by atoms with Gasteiger partial charge in [0.05, 0.1) is 12.4 Å². The zero-order valence-electron chi connectivity index (χ0n) is 10.8. The zero-order valence-corrected chi connectivity index (χ0v) is 11.6. The van der Waals surface area contributed by atoms with Gasteiger partial charge in [0.1, 0.15) is 0 Å². The lowest BCUT2D eigenvalue weighted by Gasteiger charge is -2.23. The van der Waals surface area contributed by atoms with Gasteiger partial charge in [-0.1, -0.05) is 12.1 Å². The largest absolute Gasteiger partial charge is 0.392 e. The molecule has 0 aliphatic carbocycles. The number of amides is 1. The first-order valence-corrected chi connectivity index (χ1v) is 7.46. The maximum Gasteiger partial charge on any atom is 0.230 e. The normalized spacial score (nSPS) is 16.3. The van der Waals surface area contributed by atoms with E-state index in [1.165, 1.54) is 11.8 Å². The van der Waals surface area contributed by atoms with E-state index in [2.05, 4.69) is 5.32 Å². The smallest absolute Gasteiger partial charge is 0.230 e. The summed E-state index contributed by atoms with van der Waals surface area (Å²) < 4.78 is 5.26. The molecule has 1 heterocycles. The standard InChI is InChI=1S/C14H19NO3S/c16-9-11-2-1-3-13(8-11)19-10-14(17)15-12-4-6-18-7-5-12/h1-3,8,12,16H,4-7,9-10H2,(H,15,17). The van der Waals surface area contributed by atoms with E-state index in [0.29, 0.717) is 5.75 Å². The fourth-order valence-electron chi connectivity index (χ4n) is 1.99. The summed E-state index contributed by atoms with van der Waals surface area (Å²) in [4.78, 5) is 12.8. The van der Waals surface area contributed by atoms with E-state index in [1.54, 1.807) is 0 Å². The highest BCUT2D eigenvalue weighted by atomic mass is 32.2. The molecule has 0 unspecified atom stereocenters. The van der Waals surface area contributed by atoms with Gasteiger partial charge in [0.2, 0.25) is 5.91 Å². The van der Waals surface area contributed by atoms with Gasteiger partial charge >= 0.3 is 0 Å². The number of carbonyl (C=O) groups excluding carboxylic acids is 1. The molecule has 0 atom stereocenters. The second kappa shape index (κ2) is 7.53. The van der Waals surface area contributed by atoms with Crippen LogP contribution in [0, 0.1) is 0 Å². The Morgan fingerprint density at radius 1 is 1.42 bits per heavy atom. The SMILES string of the molecule is O=C(CSc1cccc(CO)c1)NC1CCOCC1. The van der Waals surface area contributed by atoms with Crippen LogP contribution in [0.5, 0.6) is 0 Å². The number of nitrogens with one attached hydrogen (secondary N) is 1. The molecule has 2 rings (SSSR count). The van der Waals surface area contributed by atoms with Crippen LogP contribution in [0.15, 0.2) is 29.2 Å². The van der Waals surface area contributed by atoms with Gasteiger partial charge in [0, 0.05) is 24.2 Å². The van der Waals surface area contributed by atoms with Crippen LogP contribution in [0.2, 0.25) is 0 Å². The molecular formula is C14H19NO3S. The first-order chi connectivity index (χ1) is 9.28. The Morgan fingerprint density at radius 3 is 2.95 bits per heavy atom. The number of carbonyl (C=O) groups is 1. The van der Waals surface area contributed by atoms with E-state index in [0.717, 1.165) is 36.5 Å². The van der Waals surface area contributed by atoms with Crippen molar-refractivity contribution in [2.45, 2.75) is 30.4 Å². The van der Waals surface area contributed by atoms with Crippen molar-refractivity contribution in [3.8, 4) is 0 Å². The molecule has 0 spiro atoms. The molecule has 19 heavy (non-hydrogen) atoms. The lowest BCUT2D eigenvalue weighted by molar-refractivity contribution is -0.119. The molecule has 1 amide bonds. The number of hydrogen-bond donors (Lipinski definition) is 2. The average Bonchev–Trinajstić information content (AvgIpc) is 2.46. The second-order valence-electron chi connectivity index (χ2n) is 4.55. The fourth-order valence-corrected chi connectivity index (χ4v) is 2.78. The number of rotatable bonds is 5. The van der Waals surface area contributed by atoms with Gasteiger partial charge in [-0.25, -0.2) is 0 Å². The third-order valence-electron chi connectivity index (χ3n) is 3.04. The van der Waals surface area contributed by atoms with Crippen LogP contribution in [0.4, 0.5) is 0 Å². The zero-order chi connectivity index (χ0) is 13.5. The van der Waals surface area contributed by atoms with Crippen LogP contribution in [-0.4, -0.2) is 36.0 Å². The molecule has 1 aliphatic heterocycles. The van der Waals surface area contributed by atoms with Crippen molar-refractivity contribution >= 4 is 17.7 Å². The van der Waals surface area contributed by atoms with Gasteiger partial charge in [0.15, 0.2) is 0 Å². The van der Waals surface area contributed by atoms with Crippen molar-refractivity contribution < 1.29 is 14.6 Å². The van der Waals surface area contributed by atoms with E-state index >= 15 is 0 Å². The molecule has 1 aromatic carbocycles. The first kappa shape index (κ1) is 14.4. The van der Waals surface area contributed by atoms with Crippen molar-refractivity contribution in [3.63, 3.8) is 0 Å².